The van der Waals surface area contributed by atoms with E-state index in [9.17, 15) is 0 Å². The van der Waals surface area contributed by atoms with Gasteiger partial charge < -0.3 is 0 Å². The monoisotopic (exact) mass is 172 g/mol. The summed E-state index contributed by atoms with van der Waals surface area (Å²) in [5, 5.41) is 0. The molecule has 2 heteroatoms. The molecule has 0 saturated heterocycles. The Hall–Kier alpha value is -0.560. The molecule has 0 unspecified atom stereocenters. The van der Waals surface area contributed by atoms with Crippen molar-refractivity contribution in [3.05, 3.63) is 12.2 Å². The van der Waals surface area contributed by atoms with E-state index in [2.05, 4.69) is 23.7 Å². The van der Waals surface area contributed by atoms with Crippen molar-refractivity contribution in [1.82, 2.24) is 0 Å². The van der Waals surface area contributed by atoms with Crippen molar-refractivity contribution >= 4 is 23.2 Å². The summed E-state index contributed by atoms with van der Waals surface area (Å²) < 4.78 is 0. The van der Waals surface area contributed by atoms with Crippen LogP contribution in [0, 0.1) is 23.7 Å². The first-order chi connectivity index (χ1) is 4.91. The second-order valence-corrected chi connectivity index (χ2v) is 1.78. The summed E-state index contributed by atoms with van der Waals surface area (Å²) in [5.41, 5.74) is 0. The Bertz CT molecular complexity index is 183. The van der Waals surface area contributed by atoms with Crippen molar-refractivity contribution in [3.63, 3.8) is 0 Å². The normalized spacial score (nSPS) is 7.80. The van der Waals surface area contributed by atoms with Crippen molar-refractivity contribution in [1.29, 1.82) is 0 Å². The summed E-state index contributed by atoms with van der Waals surface area (Å²) in [4.78, 5) is 0. The minimum Gasteiger partial charge on any atom is -0.113 e. The van der Waals surface area contributed by atoms with Crippen molar-refractivity contribution < 1.29 is 0 Å². The molecule has 0 fully saturated rings. The molecule has 0 saturated carbocycles. The molecule has 0 heterocycles. The molecule has 0 radical (unpaired) electrons. The number of alkyl halides is 2. The molecule has 0 bridgehead atoms. The standard InChI is InChI=1S/C8H6Cl2/c9-7-5-3-1-2-4-6-8-10/h1-2H,7-8H2/b2-1-. The van der Waals surface area contributed by atoms with E-state index < -0.39 is 0 Å². The Balaban J connectivity index is 3.56. The Morgan fingerprint density at radius 2 is 1.30 bits per heavy atom. The highest BCUT2D eigenvalue weighted by Crippen LogP contribution is 1.72. The van der Waals surface area contributed by atoms with Gasteiger partial charge >= 0.3 is 0 Å². The summed E-state index contributed by atoms with van der Waals surface area (Å²) in [7, 11) is 0. The fourth-order valence-corrected chi connectivity index (χ4v) is 0.433. The first kappa shape index (κ1) is 9.44. The van der Waals surface area contributed by atoms with E-state index >= 15 is 0 Å². The molecule has 0 aromatic rings. The lowest BCUT2D eigenvalue weighted by atomic mass is 10.5. The predicted molar refractivity (Wildman–Crippen MR) is 46.1 cm³/mol. The molecule has 0 atom stereocenters. The topological polar surface area (TPSA) is 0 Å². The van der Waals surface area contributed by atoms with Crippen LogP contribution in [0.5, 0.6) is 0 Å². The van der Waals surface area contributed by atoms with Gasteiger partial charge in [0.15, 0.2) is 0 Å². The van der Waals surface area contributed by atoms with E-state index in [4.69, 9.17) is 23.2 Å². The molecule has 0 aliphatic carbocycles. The lowest BCUT2D eigenvalue weighted by Crippen LogP contribution is -1.59. The first-order valence-corrected chi connectivity index (χ1v) is 3.72. The number of halogens is 2. The Labute approximate surface area is 71.2 Å². The maximum Gasteiger partial charge on any atom is 0.0838 e. The minimum absolute atomic E-state index is 0.354. The highest BCUT2D eigenvalue weighted by atomic mass is 35.5. The van der Waals surface area contributed by atoms with Crippen molar-refractivity contribution in [2.45, 2.75) is 0 Å². The molecule has 0 nitrogen and oxygen atoms in total. The van der Waals surface area contributed by atoms with Gasteiger partial charge in [-0.05, 0) is 12.2 Å². The van der Waals surface area contributed by atoms with Crippen LogP contribution in [0.25, 0.3) is 0 Å². The third-order valence-corrected chi connectivity index (χ3v) is 0.855. The molecular weight excluding hydrogens is 167 g/mol. The molecule has 0 aliphatic heterocycles. The van der Waals surface area contributed by atoms with Crippen molar-refractivity contribution in [3.8, 4) is 23.7 Å². The number of hydrogen-bond donors (Lipinski definition) is 0. The minimum atomic E-state index is 0.354. The van der Waals surface area contributed by atoms with Crippen LogP contribution in [-0.2, 0) is 0 Å². The van der Waals surface area contributed by atoms with Gasteiger partial charge in [0, 0.05) is 0 Å². The van der Waals surface area contributed by atoms with Gasteiger partial charge in [0.05, 0.1) is 11.8 Å². The van der Waals surface area contributed by atoms with Gasteiger partial charge in [-0.2, -0.15) is 0 Å². The van der Waals surface area contributed by atoms with Crippen molar-refractivity contribution in [2.24, 2.45) is 0 Å². The molecule has 0 aliphatic rings. The van der Waals surface area contributed by atoms with E-state index in [1.54, 1.807) is 12.2 Å². The molecule has 0 rings (SSSR count). The second-order valence-electron chi connectivity index (χ2n) is 1.24. The molecule has 10 heavy (non-hydrogen) atoms. The summed E-state index contributed by atoms with van der Waals surface area (Å²) in [6.45, 7) is 0. The first-order valence-electron chi connectivity index (χ1n) is 2.65. The van der Waals surface area contributed by atoms with Gasteiger partial charge in [-0.1, -0.05) is 23.7 Å². The largest absolute Gasteiger partial charge is 0.113 e. The highest BCUT2D eigenvalue weighted by molar-refractivity contribution is 6.19. The van der Waals surface area contributed by atoms with Gasteiger partial charge in [0.2, 0.25) is 0 Å². The van der Waals surface area contributed by atoms with Gasteiger partial charge in [-0.3, -0.25) is 0 Å². The molecular formula is C8H6Cl2. The van der Waals surface area contributed by atoms with Crippen LogP contribution in [0.15, 0.2) is 12.2 Å². The maximum atomic E-state index is 5.28. The van der Waals surface area contributed by atoms with Crippen LogP contribution in [-0.4, -0.2) is 11.8 Å². The number of allylic oxidation sites excluding steroid dienone is 2. The van der Waals surface area contributed by atoms with Crippen LogP contribution in [0.3, 0.4) is 0 Å². The molecule has 0 aromatic carbocycles. The molecule has 52 valence electrons. The zero-order valence-electron chi connectivity index (χ0n) is 5.32. The summed E-state index contributed by atoms with van der Waals surface area (Å²) in [5.74, 6) is 11.4. The number of hydrogen-bond acceptors (Lipinski definition) is 0. The van der Waals surface area contributed by atoms with E-state index in [0.29, 0.717) is 11.8 Å². The van der Waals surface area contributed by atoms with Crippen LogP contribution >= 0.6 is 23.2 Å². The maximum absolute atomic E-state index is 5.28. The van der Waals surface area contributed by atoms with Gasteiger partial charge in [-0.25, -0.2) is 0 Å². The summed E-state index contributed by atoms with van der Waals surface area (Å²) in [6.07, 6.45) is 3.28. The average molecular weight is 173 g/mol. The molecule has 0 spiro atoms. The lowest BCUT2D eigenvalue weighted by molar-refractivity contribution is 1.89. The Morgan fingerprint density at radius 1 is 0.900 bits per heavy atom. The average Bonchev–Trinajstić information content (AvgIpc) is 1.97. The third kappa shape index (κ3) is 7.44. The number of rotatable bonds is 0. The fourth-order valence-electron chi connectivity index (χ4n) is 0.278. The van der Waals surface area contributed by atoms with E-state index in [0.717, 1.165) is 0 Å². The SMILES string of the molecule is ClCC#C/C=C\C#CCCl. The smallest absolute Gasteiger partial charge is 0.0838 e. The van der Waals surface area contributed by atoms with Gasteiger partial charge in [0.1, 0.15) is 0 Å². The molecule has 0 amide bonds. The molecule has 0 N–H and O–H groups in total. The third-order valence-electron chi connectivity index (χ3n) is 0.588. The van der Waals surface area contributed by atoms with Crippen LogP contribution in [0.4, 0.5) is 0 Å². The Kier molecular flexibility index (Phi) is 7.97. The quantitative estimate of drug-likeness (QED) is 0.388. The van der Waals surface area contributed by atoms with Crippen LogP contribution in [0.2, 0.25) is 0 Å². The fraction of sp³-hybridized carbons (Fsp3) is 0.250. The molecule has 0 aromatic heterocycles. The highest BCUT2D eigenvalue weighted by Gasteiger charge is 1.60. The second kappa shape index (κ2) is 8.44. The van der Waals surface area contributed by atoms with Crippen LogP contribution in [0.1, 0.15) is 0 Å². The van der Waals surface area contributed by atoms with Crippen LogP contribution < -0.4 is 0 Å². The lowest BCUT2D eigenvalue weighted by Gasteiger charge is -1.65. The summed E-state index contributed by atoms with van der Waals surface area (Å²) >= 11 is 10.6. The van der Waals surface area contributed by atoms with Crippen molar-refractivity contribution in [2.75, 3.05) is 11.8 Å². The zero-order chi connectivity index (χ0) is 7.66. The van der Waals surface area contributed by atoms with Gasteiger partial charge in [-0.15, -0.1) is 23.2 Å². The van der Waals surface area contributed by atoms with E-state index in [-0.39, 0.29) is 0 Å². The predicted octanol–water partition coefficient (Wildman–Crippen LogP) is 2.03. The Morgan fingerprint density at radius 3 is 1.60 bits per heavy atom. The van der Waals surface area contributed by atoms with E-state index in [1.165, 1.54) is 0 Å². The van der Waals surface area contributed by atoms with E-state index in [1.807, 2.05) is 0 Å². The van der Waals surface area contributed by atoms with Gasteiger partial charge in [0.25, 0.3) is 0 Å². The zero-order valence-corrected chi connectivity index (χ0v) is 6.84. The summed E-state index contributed by atoms with van der Waals surface area (Å²) in [6, 6.07) is 0.